The summed E-state index contributed by atoms with van der Waals surface area (Å²) < 4.78 is 1.98. The highest BCUT2D eigenvalue weighted by atomic mass is 16.1. The van der Waals surface area contributed by atoms with E-state index < -0.39 is 0 Å². The fourth-order valence-corrected chi connectivity index (χ4v) is 2.38. The largest absolute Gasteiger partial charge is 0.356 e. The van der Waals surface area contributed by atoms with Crippen molar-refractivity contribution in [1.29, 1.82) is 0 Å². The van der Waals surface area contributed by atoms with Gasteiger partial charge in [0.1, 0.15) is 5.82 Å². The molecule has 0 aliphatic carbocycles. The van der Waals surface area contributed by atoms with Crippen LogP contribution in [0.2, 0.25) is 0 Å². The number of nitrogens with zero attached hydrogens (tertiary/aromatic N) is 2. The fraction of sp³-hybridized carbons (Fsp3) is 0.692. The Morgan fingerprint density at radius 2 is 2.56 bits per heavy atom. The molecule has 1 aliphatic rings. The van der Waals surface area contributed by atoms with E-state index in [1.807, 2.05) is 17.8 Å². The SMILES string of the molecule is Cn1ccnc1CCNC(=O)CC1CCCNC1. The molecule has 0 aromatic carbocycles. The van der Waals surface area contributed by atoms with Crippen molar-refractivity contribution in [3.05, 3.63) is 18.2 Å². The van der Waals surface area contributed by atoms with Crippen LogP contribution in [0.3, 0.4) is 0 Å². The quantitative estimate of drug-likeness (QED) is 0.798. The average Bonchev–Trinajstić information content (AvgIpc) is 2.76. The van der Waals surface area contributed by atoms with Crippen molar-refractivity contribution in [3.8, 4) is 0 Å². The number of hydrogen-bond donors (Lipinski definition) is 2. The zero-order valence-electron chi connectivity index (χ0n) is 11.0. The molecule has 1 fully saturated rings. The molecule has 2 N–H and O–H groups in total. The summed E-state index contributed by atoms with van der Waals surface area (Å²) in [5.41, 5.74) is 0. The van der Waals surface area contributed by atoms with E-state index in [9.17, 15) is 4.79 Å². The third kappa shape index (κ3) is 3.84. The third-order valence-corrected chi connectivity index (χ3v) is 3.46. The van der Waals surface area contributed by atoms with Gasteiger partial charge in [-0.1, -0.05) is 0 Å². The number of rotatable bonds is 5. The van der Waals surface area contributed by atoms with Crippen LogP contribution in [0.4, 0.5) is 0 Å². The number of aromatic nitrogens is 2. The summed E-state index contributed by atoms with van der Waals surface area (Å²) in [6.07, 6.45) is 7.49. The maximum atomic E-state index is 11.8. The molecule has 1 saturated heterocycles. The Balaban J connectivity index is 1.64. The summed E-state index contributed by atoms with van der Waals surface area (Å²) in [6.45, 7) is 2.74. The van der Waals surface area contributed by atoms with Gasteiger partial charge in [-0.3, -0.25) is 4.79 Å². The Hall–Kier alpha value is -1.36. The predicted octanol–water partition coefficient (Wildman–Crippen LogP) is 0.469. The molecule has 2 rings (SSSR count). The summed E-state index contributed by atoms with van der Waals surface area (Å²) in [7, 11) is 1.97. The van der Waals surface area contributed by atoms with Crippen LogP contribution in [0.1, 0.15) is 25.1 Å². The molecule has 100 valence electrons. The van der Waals surface area contributed by atoms with Crippen molar-refractivity contribution in [2.24, 2.45) is 13.0 Å². The summed E-state index contributed by atoms with van der Waals surface area (Å²) >= 11 is 0. The Kier molecular flexibility index (Phi) is 4.75. The van der Waals surface area contributed by atoms with Gasteiger partial charge in [-0.05, 0) is 31.8 Å². The third-order valence-electron chi connectivity index (χ3n) is 3.46. The van der Waals surface area contributed by atoms with Crippen molar-refractivity contribution < 1.29 is 4.79 Å². The molecule has 0 radical (unpaired) electrons. The van der Waals surface area contributed by atoms with E-state index in [0.29, 0.717) is 18.9 Å². The molecule has 1 aromatic rings. The van der Waals surface area contributed by atoms with E-state index in [2.05, 4.69) is 15.6 Å². The van der Waals surface area contributed by atoms with E-state index in [4.69, 9.17) is 0 Å². The lowest BCUT2D eigenvalue weighted by Crippen LogP contribution is -2.34. The average molecular weight is 250 g/mol. The number of hydrogen-bond acceptors (Lipinski definition) is 3. The van der Waals surface area contributed by atoms with Crippen molar-refractivity contribution in [2.75, 3.05) is 19.6 Å². The molecule has 1 atom stereocenters. The zero-order valence-corrected chi connectivity index (χ0v) is 11.0. The molecule has 18 heavy (non-hydrogen) atoms. The topological polar surface area (TPSA) is 59.0 Å². The van der Waals surface area contributed by atoms with Crippen LogP contribution < -0.4 is 10.6 Å². The first-order valence-electron chi connectivity index (χ1n) is 6.69. The number of piperidine rings is 1. The van der Waals surface area contributed by atoms with Crippen LogP contribution in [0, 0.1) is 5.92 Å². The molecule has 5 nitrogen and oxygen atoms in total. The van der Waals surface area contributed by atoms with E-state index in [1.54, 1.807) is 6.20 Å². The second kappa shape index (κ2) is 6.54. The smallest absolute Gasteiger partial charge is 0.220 e. The van der Waals surface area contributed by atoms with Crippen molar-refractivity contribution in [2.45, 2.75) is 25.7 Å². The molecule has 1 unspecified atom stereocenters. The molecule has 0 spiro atoms. The van der Waals surface area contributed by atoms with Gasteiger partial charge < -0.3 is 15.2 Å². The first kappa shape index (κ1) is 13.1. The van der Waals surface area contributed by atoms with Gasteiger partial charge in [0.05, 0.1) is 0 Å². The molecule has 2 heterocycles. The van der Waals surface area contributed by atoms with E-state index in [0.717, 1.165) is 25.3 Å². The van der Waals surface area contributed by atoms with E-state index in [1.165, 1.54) is 12.8 Å². The lowest BCUT2D eigenvalue weighted by atomic mass is 9.96. The van der Waals surface area contributed by atoms with Gasteiger partial charge in [0, 0.05) is 38.8 Å². The Morgan fingerprint density at radius 1 is 1.67 bits per heavy atom. The highest BCUT2D eigenvalue weighted by Crippen LogP contribution is 2.13. The Bertz CT molecular complexity index is 382. The maximum absolute atomic E-state index is 11.8. The number of imidazole rings is 1. The van der Waals surface area contributed by atoms with Gasteiger partial charge in [-0.15, -0.1) is 0 Å². The molecular weight excluding hydrogens is 228 g/mol. The van der Waals surface area contributed by atoms with E-state index in [-0.39, 0.29) is 5.91 Å². The minimum atomic E-state index is 0.165. The second-order valence-electron chi connectivity index (χ2n) is 4.97. The van der Waals surface area contributed by atoms with Gasteiger partial charge in [0.2, 0.25) is 5.91 Å². The Labute approximate surface area is 108 Å². The molecule has 1 amide bonds. The summed E-state index contributed by atoms with van der Waals surface area (Å²) in [5, 5.41) is 6.31. The molecule has 0 saturated carbocycles. The number of carbonyl (C=O) groups excluding carboxylic acids is 1. The number of aryl methyl sites for hydroxylation is 1. The van der Waals surface area contributed by atoms with Crippen LogP contribution >= 0.6 is 0 Å². The normalized spacial score (nSPS) is 19.7. The van der Waals surface area contributed by atoms with E-state index >= 15 is 0 Å². The minimum absolute atomic E-state index is 0.165. The molecule has 5 heteroatoms. The molecular formula is C13H22N4O. The summed E-state index contributed by atoms with van der Waals surface area (Å²) in [6, 6.07) is 0. The second-order valence-corrected chi connectivity index (χ2v) is 4.97. The minimum Gasteiger partial charge on any atom is -0.356 e. The van der Waals surface area contributed by atoms with Crippen LogP contribution in [0.25, 0.3) is 0 Å². The first-order chi connectivity index (χ1) is 8.75. The predicted molar refractivity (Wildman–Crippen MR) is 70.1 cm³/mol. The van der Waals surface area contributed by atoms with Gasteiger partial charge in [-0.25, -0.2) is 4.98 Å². The van der Waals surface area contributed by atoms with Gasteiger partial charge in [-0.2, -0.15) is 0 Å². The summed E-state index contributed by atoms with van der Waals surface area (Å²) in [4.78, 5) is 16.0. The van der Waals surface area contributed by atoms with Gasteiger partial charge >= 0.3 is 0 Å². The molecule has 0 bridgehead atoms. The summed E-state index contributed by atoms with van der Waals surface area (Å²) in [5.74, 6) is 1.68. The van der Waals surface area contributed by atoms with Crippen LogP contribution in [0.5, 0.6) is 0 Å². The Morgan fingerprint density at radius 3 is 3.22 bits per heavy atom. The highest BCUT2D eigenvalue weighted by molar-refractivity contribution is 5.76. The maximum Gasteiger partial charge on any atom is 0.220 e. The number of amides is 1. The van der Waals surface area contributed by atoms with Crippen molar-refractivity contribution in [1.82, 2.24) is 20.2 Å². The molecule has 1 aromatic heterocycles. The fourth-order valence-electron chi connectivity index (χ4n) is 2.38. The van der Waals surface area contributed by atoms with Crippen LogP contribution in [-0.4, -0.2) is 35.1 Å². The number of carbonyl (C=O) groups is 1. The van der Waals surface area contributed by atoms with Gasteiger partial charge in [0.25, 0.3) is 0 Å². The first-order valence-corrected chi connectivity index (χ1v) is 6.69. The molecule has 1 aliphatic heterocycles. The standard InChI is InChI=1S/C13H22N4O/c1-17-8-7-15-12(17)4-6-16-13(18)9-11-3-2-5-14-10-11/h7-8,11,14H,2-6,9-10H2,1H3,(H,16,18). The number of nitrogens with one attached hydrogen (secondary N) is 2. The monoisotopic (exact) mass is 250 g/mol. The van der Waals surface area contributed by atoms with Gasteiger partial charge in [0.15, 0.2) is 0 Å². The lowest BCUT2D eigenvalue weighted by molar-refractivity contribution is -0.122. The lowest BCUT2D eigenvalue weighted by Gasteiger charge is -2.22. The van der Waals surface area contributed by atoms with Crippen LogP contribution in [0.15, 0.2) is 12.4 Å². The van der Waals surface area contributed by atoms with Crippen LogP contribution in [-0.2, 0) is 18.3 Å². The highest BCUT2D eigenvalue weighted by Gasteiger charge is 2.16. The van der Waals surface area contributed by atoms with Crippen molar-refractivity contribution >= 4 is 5.91 Å². The van der Waals surface area contributed by atoms with Crippen molar-refractivity contribution in [3.63, 3.8) is 0 Å². The zero-order chi connectivity index (χ0) is 12.8.